The number of methoxy groups -OCH3 is 1. The normalized spacial score (nSPS) is 11.1. The molecule has 0 spiro atoms. The molecule has 0 aliphatic heterocycles. The van der Waals surface area contributed by atoms with Gasteiger partial charge in [0.15, 0.2) is 5.69 Å². The molecule has 0 N–H and O–H groups in total. The topological polar surface area (TPSA) is 101 Å². The lowest BCUT2D eigenvalue weighted by Crippen LogP contribution is -2.27. The molecule has 40 heavy (non-hydrogen) atoms. The first-order valence-corrected chi connectivity index (χ1v) is 12.3. The smallest absolute Gasteiger partial charge is 0.434 e. The molecule has 4 aromatic rings. The summed E-state index contributed by atoms with van der Waals surface area (Å²) in [6.45, 7) is 0.156. The minimum atomic E-state index is -4.89. The maximum absolute atomic E-state index is 13.9. The van der Waals surface area contributed by atoms with Crippen molar-refractivity contribution in [3.05, 3.63) is 88.5 Å². The Morgan fingerprint density at radius 2 is 1.98 bits per heavy atom. The minimum absolute atomic E-state index is 0.0572. The van der Waals surface area contributed by atoms with Crippen LogP contribution in [0.25, 0.3) is 11.1 Å². The highest BCUT2D eigenvalue weighted by Gasteiger charge is 2.38. The Morgan fingerprint density at radius 1 is 1.20 bits per heavy atom. The molecule has 0 unspecified atom stereocenters. The number of rotatable bonds is 9. The van der Waals surface area contributed by atoms with Crippen molar-refractivity contribution >= 4 is 23.2 Å². The van der Waals surface area contributed by atoms with Gasteiger partial charge in [0, 0.05) is 36.0 Å². The Hall–Kier alpha value is -4.56. The largest absolute Gasteiger partial charge is 0.495 e. The van der Waals surface area contributed by atoms with Crippen LogP contribution in [0.3, 0.4) is 0 Å². The molecule has 8 nitrogen and oxygen atoms in total. The quantitative estimate of drug-likeness (QED) is 0.210. The second kappa shape index (κ2) is 12.1. The summed E-state index contributed by atoms with van der Waals surface area (Å²) in [6.07, 6.45) is 0.184. The maximum Gasteiger partial charge on any atom is 0.434 e. The van der Waals surface area contributed by atoms with Gasteiger partial charge >= 0.3 is 6.18 Å². The monoisotopic (exact) mass is 570 g/mol. The first-order valence-electron chi connectivity index (χ1n) is 11.9. The number of pyridine rings is 1. The van der Waals surface area contributed by atoms with Crippen molar-refractivity contribution in [3.63, 3.8) is 0 Å². The van der Waals surface area contributed by atoms with Gasteiger partial charge in [0.1, 0.15) is 17.8 Å². The van der Waals surface area contributed by atoms with Crippen molar-refractivity contribution in [1.29, 1.82) is 5.26 Å². The standard InChI is InChI=1S/C28H22ClF3N4O4/c1-36(22-7-3-4-8-23(22)38-2)27(37)20-12-19(25-18(14-33)9-10-34-26(25)28(30,31)32)21(29)13-24(20)39-11-5-6-17-15-35-40-16-17/h3-4,7-10,12-13,15-16H,5-6,11H2,1-2H3. The van der Waals surface area contributed by atoms with Crippen LogP contribution in [-0.2, 0) is 12.6 Å². The molecule has 0 aliphatic rings. The van der Waals surface area contributed by atoms with E-state index in [1.165, 1.54) is 37.5 Å². The zero-order chi connectivity index (χ0) is 28.9. The third kappa shape index (κ3) is 6.02. The molecule has 2 aromatic carbocycles. The predicted molar refractivity (Wildman–Crippen MR) is 140 cm³/mol. The van der Waals surface area contributed by atoms with Gasteiger partial charge in [-0.25, -0.2) is 0 Å². The molecule has 0 bridgehead atoms. The first kappa shape index (κ1) is 28.4. The van der Waals surface area contributed by atoms with Gasteiger partial charge < -0.3 is 18.9 Å². The highest BCUT2D eigenvalue weighted by atomic mass is 35.5. The number of carbonyl (C=O) groups excluding carboxylic acids is 1. The van der Waals surface area contributed by atoms with E-state index in [0.29, 0.717) is 24.3 Å². The second-order valence-electron chi connectivity index (χ2n) is 8.54. The Labute approximate surface area is 232 Å². The minimum Gasteiger partial charge on any atom is -0.495 e. The molecule has 0 atom stereocenters. The summed E-state index contributed by atoms with van der Waals surface area (Å²) < 4.78 is 57.9. The lowest BCUT2D eigenvalue weighted by Gasteiger charge is -2.23. The van der Waals surface area contributed by atoms with Crippen molar-refractivity contribution < 1.29 is 32.0 Å². The molecule has 206 valence electrons. The van der Waals surface area contributed by atoms with Gasteiger partial charge in [-0.3, -0.25) is 9.78 Å². The van der Waals surface area contributed by atoms with E-state index in [0.717, 1.165) is 17.8 Å². The highest BCUT2D eigenvalue weighted by molar-refractivity contribution is 6.34. The summed E-state index contributed by atoms with van der Waals surface area (Å²) in [5.41, 5.74) is -1.12. The van der Waals surface area contributed by atoms with E-state index < -0.39 is 23.3 Å². The van der Waals surface area contributed by atoms with Crippen LogP contribution in [-0.4, -0.2) is 36.8 Å². The van der Waals surface area contributed by atoms with E-state index in [1.807, 2.05) is 0 Å². The lowest BCUT2D eigenvalue weighted by molar-refractivity contribution is -0.140. The molecule has 0 aliphatic carbocycles. The SMILES string of the molecule is COc1ccccc1N(C)C(=O)c1cc(-c2c(C#N)ccnc2C(F)(F)F)c(Cl)cc1OCCCc1cnoc1. The van der Waals surface area contributed by atoms with E-state index in [9.17, 15) is 23.2 Å². The zero-order valence-corrected chi connectivity index (χ0v) is 22.1. The van der Waals surface area contributed by atoms with Gasteiger partial charge in [0.25, 0.3) is 5.91 Å². The molecule has 0 saturated heterocycles. The zero-order valence-electron chi connectivity index (χ0n) is 21.3. The van der Waals surface area contributed by atoms with Crippen LogP contribution in [0.1, 0.15) is 33.6 Å². The van der Waals surface area contributed by atoms with Gasteiger partial charge in [0.05, 0.1) is 47.8 Å². The molecule has 1 amide bonds. The van der Waals surface area contributed by atoms with Crippen molar-refractivity contribution in [3.8, 4) is 28.7 Å². The Kier molecular flexibility index (Phi) is 8.60. The molecule has 2 heterocycles. The summed E-state index contributed by atoms with van der Waals surface area (Å²) in [5.74, 6) is -0.142. The van der Waals surface area contributed by atoms with Gasteiger partial charge in [-0.1, -0.05) is 28.9 Å². The van der Waals surface area contributed by atoms with Crippen LogP contribution in [0, 0.1) is 11.3 Å². The fourth-order valence-electron chi connectivity index (χ4n) is 4.08. The second-order valence-corrected chi connectivity index (χ2v) is 8.95. The lowest BCUT2D eigenvalue weighted by atomic mass is 9.96. The molecular weight excluding hydrogens is 549 g/mol. The van der Waals surface area contributed by atoms with Crippen molar-refractivity contribution in [2.75, 3.05) is 25.7 Å². The third-order valence-electron chi connectivity index (χ3n) is 6.01. The van der Waals surface area contributed by atoms with Gasteiger partial charge in [-0.05, 0) is 37.1 Å². The maximum atomic E-state index is 13.9. The van der Waals surface area contributed by atoms with Gasteiger partial charge in [0.2, 0.25) is 0 Å². The van der Waals surface area contributed by atoms with E-state index in [-0.39, 0.29) is 34.1 Å². The van der Waals surface area contributed by atoms with Crippen LogP contribution in [0.5, 0.6) is 11.5 Å². The molecule has 0 radical (unpaired) electrons. The number of para-hydroxylation sites is 2. The molecule has 2 aromatic heterocycles. The van der Waals surface area contributed by atoms with Gasteiger partial charge in [-0.2, -0.15) is 18.4 Å². The number of alkyl halides is 3. The van der Waals surface area contributed by atoms with Crippen molar-refractivity contribution in [2.24, 2.45) is 0 Å². The Balaban J connectivity index is 1.81. The van der Waals surface area contributed by atoms with Crippen molar-refractivity contribution in [2.45, 2.75) is 19.0 Å². The number of halogens is 4. The van der Waals surface area contributed by atoms with E-state index in [2.05, 4.69) is 10.1 Å². The molecule has 0 fully saturated rings. The fourth-order valence-corrected chi connectivity index (χ4v) is 4.33. The van der Waals surface area contributed by atoms with Crippen LogP contribution in [0.15, 0.2) is 65.6 Å². The summed E-state index contributed by atoms with van der Waals surface area (Å²) in [5, 5.41) is 13.1. The number of nitrogens with zero attached hydrogens (tertiary/aromatic N) is 4. The van der Waals surface area contributed by atoms with Crippen LogP contribution in [0.2, 0.25) is 5.02 Å². The predicted octanol–water partition coefficient (Wildman–Crippen LogP) is 6.58. The third-order valence-corrected chi connectivity index (χ3v) is 6.32. The first-order chi connectivity index (χ1) is 19.2. The summed E-state index contributed by atoms with van der Waals surface area (Å²) in [7, 11) is 2.95. The fraction of sp³-hybridized carbons (Fsp3) is 0.214. The molecule has 4 rings (SSSR count). The average Bonchev–Trinajstić information content (AvgIpc) is 3.47. The molecule has 0 saturated carbocycles. The van der Waals surface area contributed by atoms with Gasteiger partial charge in [-0.15, -0.1) is 0 Å². The number of aryl methyl sites for hydroxylation is 1. The van der Waals surface area contributed by atoms with E-state index in [4.69, 9.17) is 25.6 Å². The number of benzene rings is 2. The highest BCUT2D eigenvalue weighted by Crippen LogP contribution is 2.42. The molecule has 12 heteroatoms. The number of hydrogen-bond acceptors (Lipinski definition) is 7. The number of anilines is 1. The Morgan fingerprint density at radius 3 is 2.65 bits per heavy atom. The number of carbonyl (C=O) groups is 1. The molecular formula is C28H22ClF3N4O4. The van der Waals surface area contributed by atoms with E-state index in [1.54, 1.807) is 36.5 Å². The average molecular weight is 571 g/mol. The summed E-state index contributed by atoms with van der Waals surface area (Å²) in [6, 6.07) is 12.1. The van der Waals surface area contributed by atoms with Crippen molar-refractivity contribution in [1.82, 2.24) is 10.1 Å². The number of hydrogen-bond donors (Lipinski definition) is 0. The van der Waals surface area contributed by atoms with Crippen LogP contribution in [0.4, 0.5) is 18.9 Å². The Bertz CT molecular complexity index is 1550. The summed E-state index contributed by atoms with van der Waals surface area (Å²) >= 11 is 6.48. The number of amides is 1. The van der Waals surface area contributed by atoms with Crippen LogP contribution < -0.4 is 14.4 Å². The summed E-state index contributed by atoms with van der Waals surface area (Å²) in [4.78, 5) is 18.6. The number of nitriles is 1. The number of ether oxygens (including phenoxy) is 2. The van der Waals surface area contributed by atoms with E-state index >= 15 is 0 Å². The number of aromatic nitrogens is 2. The van der Waals surface area contributed by atoms with Crippen LogP contribution >= 0.6 is 11.6 Å².